The van der Waals surface area contributed by atoms with Crippen LogP contribution < -0.4 is 15.4 Å². The molecule has 138 valence electrons. The van der Waals surface area contributed by atoms with Crippen molar-refractivity contribution in [2.24, 2.45) is 0 Å². The van der Waals surface area contributed by atoms with Gasteiger partial charge in [0.05, 0.1) is 4.92 Å². The Morgan fingerprint density at radius 3 is 2.80 bits per heavy atom. The molecule has 2 rings (SSSR count). The van der Waals surface area contributed by atoms with Crippen LogP contribution in [0, 0.1) is 10.1 Å². The first kappa shape index (κ1) is 19.6. The van der Waals surface area contributed by atoms with Gasteiger partial charge < -0.3 is 10.6 Å². The SMILES string of the molecule is O=C(CC1CSCCN1)NCCNS(=O)(=O)c1ccccc1[N+](=O)[O-]. The van der Waals surface area contributed by atoms with Crippen molar-refractivity contribution in [1.29, 1.82) is 0 Å². The first-order chi connectivity index (χ1) is 11.9. The lowest BCUT2D eigenvalue weighted by atomic mass is 10.2. The number of benzene rings is 1. The fraction of sp³-hybridized carbons (Fsp3) is 0.500. The highest BCUT2D eigenvalue weighted by molar-refractivity contribution is 7.99. The molecule has 25 heavy (non-hydrogen) atoms. The van der Waals surface area contributed by atoms with E-state index in [9.17, 15) is 23.3 Å². The van der Waals surface area contributed by atoms with E-state index in [1.54, 1.807) is 11.8 Å². The lowest BCUT2D eigenvalue weighted by Gasteiger charge is -2.22. The van der Waals surface area contributed by atoms with E-state index in [2.05, 4.69) is 15.4 Å². The molecular formula is C14H20N4O5S2. The highest BCUT2D eigenvalue weighted by atomic mass is 32.2. The molecule has 1 heterocycles. The van der Waals surface area contributed by atoms with Crippen LogP contribution >= 0.6 is 11.8 Å². The van der Waals surface area contributed by atoms with Crippen molar-refractivity contribution in [3.8, 4) is 0 Å². The van der Waals surface area contributed by atoms with Crippen molar-refractivity contribution >= 4 is 33.4 Å². The van der Waals surface area contributed by atoms with Crippen molar-refractivity contribution in [2.75, 3.05) is 31.1 Å². The second kappa shape index (κ2) is 9.13. The third-order valence-corrected chi connectivity index (χ3v) is 6.16. The standard InChI is InChI=1S/C14H20N4O5S2/c19-14(9-11-10-24-8-7-15-11)16-5-6-17-25(22,23)13-4-2-1-3-12(13)18(20)21/h1-4,11,15,17H,5-10H2,(H,16,19). The third-order valence-electron chi connectivity index (χ3n) is 3.52. The lowest BCUT2D eigenvalue weighted by molar-refractivity contribution is -0.387. The van der Waals surface area contributed by atoms with E-state index in [1.807, 2.05) is 0 Å². The molecule has 1 aromatic carbocycles. The zero-order valence-electron chi connectivity index (χ0n) is 13.4. The maximum Gasteiger partial charge on any atom is 0.289 e. The number of sulfonamides is 1. The molecule has 0 radical (unpaired) electrons. The quantitative estimate of drug-likeness (QED) is 0.327. The van der Waals surface area contributed by atoms with Gasteiger partial charge in [-0.05, 0) is 6.07 Å². The minimum absolute atomic E-state index is 0.0486. The molecule has 0 bridgehead atoms. The van der Waals surface area contributed by atoms with Crippen molar-refractivity contribution in [3.05, 3.63) is 34.4 Å². The van der Waals surface area contributed by atoms with Gasteiger partial charge in [0.25, 0.3) is 5.69 Å². The summed E-state index contributed by atoms with van der Waals surface area (Å²) in [6, 6.07) is 5.24. The molecule has 0 aliphatic carbocycles. The number of hydrogen-bond donors (Lipinski definition) is 3. The molecule has 1 aromatic rings. The lowest BCUT2D eigenvalue weighted by Crippen LogP contribution is -2.42. The van der Waals surface area contributed by atoms with E-state index in [-0.39, 0.29) is 25.0 Å². The number of amides is 1. The number of nitro groups is 1. The second-order valence-corrected chi connectivity index (χ2v) is 8.29. The summed E-state index contributed by atoms with van der Waals surface area (Å²) in [5, 5.41) is 16.8. The minimum Gasteiger partial charge on any atom is -0.355 e. The van der Waals surface area contributed by atoms with Crippen molar-refractivity contribution < 1.29 is 18.1 Å². The monoisotopic (exact) mass is 388 g/mol. The number of carbonyl (C=O) groups excluding carboxylic acids is 1. The highest BCUT2D eigenvalue weighted by Gasteiger charge is 2.24. The highest BCUT2D eigenvalue weighted by Crippen LogP contribution is 2.22. The molecule has 0 aromatic heterocycles. The summed E-state index contributed by atoms with van der Waals surface area (Å²) in [6.07, 6.45) is 0.337. The molecular weight excluding hydrogens is 368 g/mol. The molecule has 1 aliphatic rings. The van der Waals surface area contributed by atoms with E-state index in [0.717, 1.165) is 24.1 Å². The molecule has 1 saturated heterocycles. The Kier molecular flexibility index (Phi) is 7.17. The van der Waals surface area contributed by atoms with Gasteiger partial charge in [-0.3, -0.25) is 14.9 Å². The van der Waals surface area contributed by atoms with Crippen LogP contribution in [0.5, 0.6) is 0 Å². The van der Waals surface area contributed by atoms with E-state index in [4.69, 9.17) is 0 Å². The molecule has 9 nitrogen and oxygen atoms in total. The molecule has 1 unspecified atom stereocenters. The Bertz CT molecular complexity index is 720. The molecule has 1 atom stereocenters. The summed E-state index contributed by atoms with van der Waals surface area (Å²) in [5.41, 5.74) is -0.486. The van der Waals surface area contributed by atoms with Gasteiger partial charge in [0.2, 0.25) is 15.9 Å². The van der Waals surface area contributed by atoms with Gasteiger partial charge in [0.1, 0.15) is 0 Å². The molecule has 1 amide bonds. The summed E-state index contributed by atoms with van der Waals surface area (Å²) in [5.74, 6) is 1.74. The molecule has 1 fully saturated rings. The van der Waals surface area contributed by atoms with Gasteiger partial charge in [-0.15, -0.1) is 0 Å². The van der Waals surface area contributed by atoms with Crippen LogP contribution in [0.1, 0.15) is 6.42 Å². The summed E-state index contributed by atoms with van der Waals surface area (Å²) in [4.78, 5) is 21.6. The van der Waals surface area contributed by atoms with Crippen molar-refractivity contribution in [1.82, 2.24) is 15.4 Å². The van der Waals surface area contributed by atoms with Crippen LogP contribution in [-0.4, -0.2) is 56.4 Å². The van der Waals surface area contributed by atoms with Gasteiger partial charge in [-0.25, -0.2) is 13.1 Å². The molecule has 1 aliphatic heterocycles. The Morgan fingerprint density at radius 2 is 2.12 bits per heavy atom. The van der Waals surface area contributed by atoms with E-state index >= 15 is 0 Å². The van der Waals surface area contributed by atoms with Gasteiger partial charge in [0.15, 0.2) is 4.90 Å². The maximum absolute atomic E-state index is 12.2. The average Bonchev–Trinajstić information content (AvgIpc) is 2.59. The largest absolute Gasteiger partial charge is 0.355 e. The first-order valence-electron chi connectivity index (χ1n) is 7.71. The number of para-hydroxylation sites is 1. The predicted octanol–water partition coefficient (Wildman–Crippen LogP) is 0.0844. The topological polar surface area (TPSA) is 130 Å². The fourth-order valence-electron chi connectivity index (χ4n) is 2.35. The van der Waals surface area contributed by atoms with Crippen LogP contribution in [-0.2, 0) is 14.8 Å². The zero-order chi connectivity index (χ0) is 18.3. The number of nitrogens with one attached hydrogen (secondary N) is 3. The second-order valence-electron chi connectivity index (χ2n) is 5.40. The van der Waals surface area contributed by atoms with Gasteiger partial charge >= 0.3 is 0 Å². The molecule has 3 N–H and O–H groups in total. The van der Waals surface area contributed by atoms with E-state index < -0.39 is 25.5 Å². The zero-order valence-corrected chi connectivity index (χ0v) is 15.1. The van der Waals surface area contributed by atoms with Crippen LogP contribution in [0.3, 0.4) is 0 Å². The smallest absolute Gasteiger partial charge is 0.289 e. The van der Waals surface area contributed by atoms with Crippen molar-refractivity contribution in [3.63, 3.8) is 0 Å². The van der Waals surface area contributed by atoms with E-state index in [0.29, 0.717) is 6.42 Å². The minimum atomic E-state index is -4.02. The average molecular weight is 388 g/mol. The molecule has 0 saturated carbocycles. The first-order valence-corrected chi connectivity index (χ1v) is 10.3. The number of carbonyl (C=O) groups is 1. The van der Waals surface area contributed by atoms with Crippen LogP contribution in [0.2, 0.25) is 0 Å². The number of nitro benzene ring substituents is 1. The molecule has 11 heteroatoms. The van der Waals surface area contributed by atoms with Crippen LogP contribution in [0.15, 0.2) is 29.2 Å². The van der Waals surface area contributed by atoms with Crippen molar-refractivity contribution in [2.45, 2.75) is 17.4 Å². The summed E-state index contributed by atoms with van der Waals surface area (Å²) in [7, 11) is -4.02. The number of thioether (sulfide) groups is 1. The van der Waals surface area contributed by atoms with E-state index in [1.165, 1.54) is 18.2 Å². The van der Waals surface area contributed by atoms with Crippen LogP contribution in [0.25, 0.3) is 0 Å². The third kappa shape index (κ3) is 5.96. The summed E-state index contributed by atoms with van der Waals surface area (Å²) in [6.45, 7) is 0.934. The maximum atomic E-state index is 12.2. The van der Waals surface area contributed by atoms with Gasteiger partial charge in [-0.2, -0.15) is 11.8 Å². The van der Waals surface area contributed by atoms with Crippen LogP contribution in [0.4, 0.5) is 5.69 Å². The Balaban J connectivity index is 1.80. The number of rotatable bonds is 8. The van der Waals surface area contributed by atoms with Gasteiger partial charge in [0, 0.05) is 49.7 Å². The predicted molar refractivity (Wildman–Crippen MR) is 95.0 cm³/mol. The Morgan fingerprint density at radius 1 is 1.36 bits per heavy atom. The van der Waals surface area contributed by atoms with Gasteiger partial charge in [-0.1, -0.05) is 12.1 Å². The Hall–Kier alpha value is -1.69. The fourth-order valence-corrected chi connectivity index (χ4v) is 4.50. The summed E-state index contributed by atoms with van der Waals surface area (Å²) < 4.78 is 26.6. The normalized spacial score (nSPS) is 17.8. The summed E-state index contributed by atoms with van der Waals surface area (Å²) >= 11 is 1.79. The molecule has 0 spiro atoms. The Labute approximate surface area is 150 Å². The number of nitrogens with zero attached hydrogens (tertiary/aromatic N) is 1. The number of hydrogen-bond acceptors (Lipinski definition) is 7.